The first-order valence-corrected chi connectivity index (χ1v) is 6.99. The molecule has 0 atom stereocenters. The van der Waals surface area contributed by atoms with Gasteiger partial charge in [-0.05, 0) is 37.6 Å². The highest BCUT2D eigenvalue weighted by atomic mass is 32.1. The second kappa shape index (κ2) is 6.33. The summed E-state index contributed by atoms with van der Waals surface area (Å²) in [6, 6.07) is 7.38. The van der Waals surface area contributed by atoms with Gasteiger partial charge in [-0.2, -0.15) is 5.10 Å². The normalized spacial score (nSPS) is 11.6. The summed E-state index contributed by atoms with van der Waals surface area (Å²) < 4.78 is 5.02. The minimum atomic E-state index is -0.327. The first kappa shape index (κ1) is 13.5. The van der Waals surface area contributed by atoms with Gasteiger partial charge in [0.05, 0.1) is 16.9 Å². The number of amides is 1. The van der Waals surface area contributed by atoms with Gasteiger partial charge in [-0.15, -0.1) is 11.3 Å². The maximum Gasteiger partial charge on any atom is 0.307 e. The third kappa shape index (κ3) is 3.54. The van der Waals surface area contributed by atoms with E-state index in [9.17, 15) is 4.79 Å². The summed E-state index contributed by atoms with van der Waals surface area (Å²) in [6.45, 7) is 4.14. The minimum absolute atomic E-state index is 0.266. The van der Waals surface area contributed by atoms with Crippen LogP contribution in [-0.4, -0.2) is 11.6 Å². The van der Waals surface area contributed by atoms with Crippen LogP contribution >= 0.6 is 11.3 Å². The van der Waals surface area contributed by atoms with Crippen molar-refractivity contribution in [3.63, 3.8) is 0 Å². The average molecular weight is 276 g/mol. The molecule has 2 heterocycles. The maximum atomic E-state index is 11.7. The van der Waals surface area contributed by atoms with Crippen LogP contribution in [0.25, 0.3) is 0 Å². The number of hydrogen-bond donors (Lipinski definition) is 1. The molecule has 1 amide bonds. The van der Waals surface area contributed by atoms with E-state index in [0.29, 0.717) is 0 Å². The highest BCUT2D eigenvalue weighted by Gasteiger charge is 2.09. The monoisotopic (exact) mass is 276 g/mol. The summed E-state index contributed by atoms with van der Waals surface area (Å²) in [7, 11) is 0. The Hall–Kier alpha value is -1.88. The van der Waals surface area contributed by atoms with E-state index in [2.05, 4.69) is 30.4 Å². The zero-order valence-electron chi connectivity index (χ0n) is 11.0. The van der Waals surface area contributed by atoms with Gasteiger partial charge in [-0.25, -0.2) is 5.43 Å². The van der Waals surface area contributed by atoms with Gasteiger partial charge in [-0.3, -0.25) is 4.79 Å². The molecule has 1 N–H and O–H groups in total. The van der Waals surface area contributed by atoms with Crippen molar-refractivity contribution in [1.82, 2.24) is 5.43 Å². The summed E-state index contributed by atoms with van der Waals surface area (Å²) in [4.78, 5) is 14.1. The molecule has 0 spiro atoms. The molecule has 2 aromatic rings. The van der Waals surface area contributed by atoms with Gasteiger partial charge in [0.15, 0.2) is 5.76 Å². The quantitative estimate of drug-likeness (QED) is 0.670. The van der Waals surface area contributed by atoms with Gasteiger partial charge >= 0.3 is 5.91 Å². The lowest BCUT2D eigenvalue weighted by Crippen LogP contribution is -2.19. The molecule has 0 aliphatic rings. The number of furan rings is 1. The fourth-order valence-corrected chi connectivity index (χ4v) is 2.53. The molecule has 5 heteroatoms. The second-order valence-electron chi connectivity index (χ2n) is 4.14. The van der Waals surface area contributed by atoms with E-state index < -0.39 is 0 Å². The molecule has 0 saturated heterocycles. The Labute approximate surface area is 116 Å². The van der Waals surface area contributed by atoms with Crippen molar-refractivity contribution in [2.75, 3.05) is 0 Å². The van der Waals surface area contributed by atoms with Crippen molar-refractivity contribution < 1.29 is 9.21 Å². The number of hydrazone groups is 1. The lowest BCUT2D eigenvalue weighted by Gasteiger charge is -2.03. The SMILES string of the molecule is CCCC(=NNC(=O)c1ccco1)c1ccc(C)s1. The zero-order valence-corrected chi connectivity index (χ0v) is 11.8. The van der Waals surface area contributed by atoms with Gasteiger partial charge in [-0.1, -0.05) is 13.3 Å². The third-order valence-electron chi connectivity index (χ3n) is 2.55. The molecule has 0 aromatic carbocycles. The standard InChI is InChI=1S/C14H16N2O2S/c1-3-5-11(13-8-7-10(2)19-13)15-16-14(17)12-6-4-9-18-12/h4,6-9H,3,5H2,1-2H3,(H,16,17). The molecule has 0 radical (unpaired) electrons. The molecule has 2 aromatic heterocycles. The van der Waals surface area contributed by atoms with Crippen LogP contribution in [0.1, 0.15) is 40.1 Å². The average Bonchev–Trinajstić information content (AvgIpc) is 3.05. The summed E-state index contributed by atoms with van der Waals surface area (Å²) in [6.07, 6.45) is 3.28. The van der Waals surface area contributed by atoms with Crippen LogP contribution in [0.5, 0.6) is 0 Å². The van der Waals surface area contributed by atoms with Crippen molar-refractivity contribution in [3.8, 4) is 0 Å². The molecule has 19 heavy (non-hydrogen) atoms. The molecule has 0 bridgehead atoms. The predicted molar refractivity (Wildman–Crippen MR) is 76.7 cm³/mol. The van der Waals surface area contributed by atoms with Crippen LogP contribution in [0, 0.1) is 6.92 Å². The Morgan fingerprint density at radius 1 is 1.42 bits per heavy atom. The van der Waals surface area contributed by atoms with E-state index in [1.54, 1.807) is 23.5 Å². The number of carbonyl (C=O) groups is 1. The molecule has 0 fully saturated rings. The van der Waals surface area contributed by atoms with Crippen LogP contribution in [-0.2, 0) is 0 Å². The van der Waals surface area contributed by atoms with Crippen molar-refractivity contribution >= 4 is 23.0 Å². The largest absolute Gasteiger partial charge is 0.459 e. The van der Waals surface area contributed by atoms with Gasteiger partial charge in [0.2, 0.25) is 0 Å². The number of carbonyl (C=O) groups excluding carboxylic acids is 1. The van der Waals surface area contributed by atoms with E-state index in [1.807, 2.05) is 6.07 Å². The number of nitrogens with zero attached hydrogens (tertiary/aromatic N) is 1. The van der Waals surface area contributed by atoms with Crippen LogP contribution in [0.3, 0.4) is 0 Å². The van der Waals surface area contributed by atoms with Gasteiger partial charge in [0, 0.05) is 4.88 Å². The number of thiophene rings is 1. The van der Waals surface area contributed by atoms with Crippen molar-refractivity contribution in [2.45, 2.75) is 26.7 Å². The minimum Gasteiger partial charge on any atom is -0.459 e. The molecule has 0 aliphatic carbocycles. The van der Waals surface area contributed by atoms with Crippen LogP contribution in [0.2, 0.25) is 0 Å². The summed E-state index contributed by atoms with van der Waals surface area (Å²) in [5, 5.41) is 4.22. The van der Waals surface area contributed by atoms with Gasteiger partial charge < -0.3 is 4.42 Å². The topological polar surface area (TPSA) is 54.6 Å². The fraction of sp³-hybridized carbons (Fsp3) is 0.286. The first-order valence-electron chi connectivity index (χ1n) is 6.18. The van der Waals surface area contributed by atoms with Gasteiger partial charge in [0.1, 0.15) is 0 Å². The lowest BCUT2D eigenvalue weighted by molar-refractivity contribution is 0.0927. The van der Waals surface area contributed by atoms with Crippen molar-refractivity contribution in [2.24, 2.45) is 5.10 Å². The van der Waals surface area contributed by atoms with E-state index in [0.717, 1.165) is 23.4 Å². The Balaban J connectivity index is 2.11. The predicted octanol–water partition coefficient (Wildman–Crippen LogP) is 3.58. The Kier molecular flexibility index (Phi) is 4.52. The number of rotatable bonds is 5. The van der Waals surface area contributed by atoms with Crippen LogP contribution in [0.4, 0.5) is 0 Å². The summed E-state index contributed by atoms with van der Waals surface area (Å²) in [5.74, 6) is -0.0613. The van der Waals surface area contributed by atoms with Crippen LogP contribution < -0.4 is 5.43 Å². The number of aryl methyl sites for hydroxylation is 1. The third-order valence-corrected chi connectivity index (χ3v) is 3.60. The molecule has 0 unspecified atom stereocenters. The van der Waals surface area contributed by atoms with Gasteiger partial charge in [0.25, 0.3) is 0 Å². The highest BCUT2D eigenvalue weighted by Crippen LogP contribution is 2.18. The second-order valence-corrected chi connectivity index (χ2v) is 5.42. The van der Waals surface area contributed by atoms with E-state index in [1.165, 1.54) is 11.1 Å². The first-order chi connectivity index (χ1) is 9.20. The summed E-state index contributed by atoms with van der Waals surface area (Å²) in [5.41, 5.74) is 3.44. The smallest absolute Gasteiger partial charge is 0.307 e. The molecular weight excluding hydrogens is 260 g/mol. The Morgan fingerprint density at radius 3 is 2.84 bits per heavy atom. The Morgan fingerprint density at radius 2 is 2.26 bits per heavy atom. The molecule has 2 rings (SSSR count). The zero-order chi connectivity index (χ0) is 13.7. The van der Waals surface area contributed by atoms with Crippen LogP contribution in [0.15, 0.2) is 40.0 Å². The highest BCUT2D eigenvalue weighted by molar-refractivity contribution is 7.14. The van der Waals surface area contributed by atoms with E-state index >= 15 is 0 Å². The molecule has 100 valence electrons. The van der Waals surface area contributed by atoms with Crippen molar-refractivity contribution in [3.05, 3.63) is 46.0 Å². The van der Waals surface area contributed by atoms with E-state index in [4.69, 9.17) is 4.42 Å². The number of nitrogens with one attached hydrogen (secondary N) is 1. The number of hydrogen-bond acceptors (Lipinski definition) is 4. The Bertz CT molecular complexity index is 570. The summed E-state index contributed by atoms with van der Waals surface area (Å²) >= 11 is 1.68. The lowest BCUT2D eigenvalue weighted by atomic mass is 10.2. The molecule has 4 nitrogen and oxygen atoms in total. The maximum absolute atomic E-state index is 11.7. The van der Waals surface area contributed by atoms with E-state index in [-0.39, 0.29) is 11.7 Å². The fourth-order valence-electron chi connectivity index (χ4n) is 1.64. The molecule has 0 saturated carbocycles. The van der Waals surface area contributed by atoms with Crippen molar-refractivity contribution in [1.29, 1.82) is 0 Å². The molecule has 0 aliphatic heterocycles. The molecular formula is C14H16N2O2S.